The zero-order chi connectivity index (χ0) is 15.0. The van der Waals surface area contributed by atoms with Crippen molar-refractivity contribution in [2.75, 3.05) is 13.2 Å². The lowest BCUT2D eigenvalue weighted by atomic mass is 10.1. The van der Waals surface area contributed by atoms with E-state index in [1.165, 1.54) is 18.2 Å². The van der Waals surface area contributed by atoms with Crippen LogP contribution in [0.3, 0.4) is 0 Å². The van der Waals surface area contributed by atoms with Crippen LogP contribution in [0.2, 0.25) is 0 Å². The Hall–Kier alpha value is -1.27. The number of rotatable bonds is 8. The normalized spacial score (nSPS) is 13.2. The van der Waals surface area contributed by atoms with Gasteiger partial charge in [-0.1, -0.05) is 19.1 Å². The van der Waals surface area contributed by atoms with Crippen molar-refractivity contribution in [3.05, 3.63) is 29.8 Å². The molecule has 114 valence electrons. The van der Waals surface area contributed by atoms with Crippen molar-refractivity contribution in [3.63, 3.8) is 0 Å². The number of nitrogens with one attached hydrogen (secondary N) is 1. The Bertz CT molecular complexity index is 396. The van der Waals surface area contributed by atoms with E-state index in [0.717, 1.165) is 24.9 Å². The lowest BCUT2D eigenvalue weighted by Crippen LogP contribution is -2.18. The summed E-state index contributed by atoms with van der Waals surface area (Å²) >= 11 is 0. The smallest absolute Gasteiger partial charge is 0.406 e. The highest BCUT2D eigenvalue weighted by Crippen LogP contribution is 2.23. The fraction of sp³-hybridized carbons (Fsp3) is 0.571. The van der Waals surface area contributed by atoms with Crippen LogP contribution in [0, 0.1) is 5.92 Å². The molecule has 1 unspecified atom stereocenters. The standard InChI is InChI=1S/C14H20F3NO2/c1-11(10-19)4-3-7-18-9-12-5-2-6-13(8-12)20-14(15,16)17/h2,5-6,8,11,18-19H,3-4,7,9-10H2,1H3. The van der Waals surface area contributed by atoms with Gasteiger partial charge in [-0.3, -0.25) is 0 Å². The maximum Gasteiger partial charge on any atom is 0.573 e. The molecule has 0 aliphatic rings. The number of ether oxygens (including phenoxy) is 1. The molecule has 1 rings (SSSR count). The molecule has 2 N–H and O–H groups in total. The maximum atomic E-state index is 12.1. The number of halogens is 3. The van der Waals surface area contributed by atoms with Crippen LogP contribution in [0.1, 0.15) is 25.3 Å². The van der Waals surface area contributed by atoms with Gasteiger partial charge < -0.3 is 15.2 Å². The van der Waals surface area contributed by atoms with E-state index in [4.69, 9.17) is 5.11 Å². The molecule has 0 radical (unpaired) electrons. The molecule has 0 amide bonds. The predicted octanol–water partition coefficient (Wildman–Crippen LogP) is 3.08. The second kappa shape index (κ2) is 8.11. The summed E-state index contributed by atoms with van der Waals surface area (Å²) < 4.78 is 40.1. The van der Waals surface area contributed by atoms with E-state index >= 15 is 0 Å². The van der Waals surface area contributed by atoms with Crippen LogP contribution in [0.25, 0.3) is 0 Å². The van der Waals surface area contributed by atoms with Crippen LogP contribution in [0.4, 0.5) is 13.2 Å². The molecule has 6 heteroatoms. The number of aliphatic hydroxyl groups is 1. The molecule has 1 aromatic rings. The van der Waals surface area contributed by atoms with Crippen LogP contribution >= 0.6 is 0 Å². The van der Waals surface area contributed by atoms with Crippen molar-refractivity contribution in [1.82, 2.24) is 5.32 Å². The Morgan fingerprint density at radius 2 is 2.10 bits per heavy atom. The van der Waals surface area contributed by atoms with Gasteiger partial charge in [0.2, 0.25) is 0 Å². The predicted molar refractivity (Wildman–Crippen MR) is 70.3 cm³/mol. The van der Waals surface area contributed by atoms with Crippen molar-refractivity contribution >= 4 is 0 Å². The Balaban J connectivity index is 2.32. The van der Waals surface area contributed by atoms with Crippen LogP contribution in [-0.4, -0.2) is 24.6 Å². The van der Waals surface area contributed by atoms with Crippen LogP contribution in [-0.2, 0) is 6.54 Å². The average molecular weight is 291 g/mol. The summed E-state index contributed by atoms with van der Waals surface area (Å²) in [4.78, 5) is 0. The Labute approximate surface area is 116 Å². The van der Waals surface area contributed by atoms with Crippen LogP contribution < -0.4 is 10.1 Å². The van der Waals surface area contributed by atoms with Gasteiger partial charge in [0, 0.05) is 13.2 Å². The first-order valence-corrected chi connectivity index (χ1v) is 6.57. The third-order valence-corrected chi connectivity index (χ3v) is 2.82. The topological polar surface area (TPSA) is 41.5 Å². The summed E-state index contributed by atoms with van der Waals surface area (Å²) in [5.41, 5.74) is 0.738. The monoisotopic (exact) mass is 291 g/mol. The zero-order valence-electron chi connectivity index (χ0n) is 11.4. The molecule has 0 saturated heterocycles. The van der Waals surface area contributed by atoms with Gasteiger partial charge in [0.1, 0.15) is 5.75 Å². The molecule has 0 aliphatic heterocycles. The third-order valence-electron chi connectivity index (χ3n) is 2.82. The van der Waals surface area contributed by atoms with Crippen molar-refractivity contribution in [2.45, 2.75) is 32.7 Å². The first kappa shape index (κ1) is 16.8. The fourth-order valence-corrected chi connectivity index (χ4v) is 1.75. The van der Waals surface area contributed by atoms with Gasteiger partial charge in [-0.15, -0.1) is 13.2 Å². The molecular weight excluding hydrogens is 271 g/mol. The SMILES string of the molecule is CC(CO)CCCNCc1cccc(OC(F)(F)F)c1. The summed E-state index contributed by atoms with van der Waals surface area (Å²) in [6.07, 6.45) is -2.83. The summed E-state index contributed by atoms with van der Waals surface area (Å²) in [6.45, 7) is 3.39. The van der Waals surface area contributed by atoms with Gasteiger partial charge in [0.15, 0.2) is 0 Å². The van der Waals surface area contributed by atoms with Crippen molar-refractivity contribution in [2.24, 2.45) is 5.92 Å². The lowest BCUT2D eigenvalue weighted by Gasteiger charge is -2.11. The van der Waals surface area contributed by atoms with E-state index in [1.807, 2.05) is 6.92 Å². The number of aliphatic hydroxyl groups excluding tert-OH is 1. The van der Waals surface area contributed by atoms with Crippen molar-refractivity contribution in [3.8, 4) is 5.75 Å². The highest BCUT2D eigenvalue weighted by Gasteiger charge is 2.31. The van der Waals surface area contributed by atoms with Crippen molar-refractivity contribution in [1.29, 1.82) is 0 Å². The minimum absolute atomic E-state index is 0.177. The van der Waals surface area contributed by atoms with Gasteiger partial charge in [0.25, 0.3) is 0 Å². The molecule has 3 nitrogen and oxygen atoms in total. The Morgan fingerprint density at radius 1 is 1.35 bits per heavy atom. The molecule has 0 aliphatic carbocycles. The highest BCUT2D eigenvalue weighted by atomic mass is 19.4. The van der Waals surface area contributed by atoms with E-state index in [1.54, 1.807) is 6.07 Å². The molecular formula is C14H20F3NO2. The zero-order valence-corrected chi connectivity index (χ0v) is 11.4. The van der Waals surface area contributed by atoms with Gasteiger partial charge in [-0.25, -0.2) is 0 Å². The van der Waals surface area contributed by atoms with E-state index in [0.29, 0.717) is 6.54 Å². The quantitative estimate of drug-likeness (QED) is 0.723. The molecule has 1 atom stereocenters. The summed E-state index contributed by atoms with van der Waals surface area (Å²) in [5.74, 6) is 0.0750. The fourth-order valence-electron chi connectivity index (χ4n) is 1.75. The molecule has 0 fully saturated rings. The molecule has 0 saturated carbocycles. The van der Waals surface area contributed by atoms with E-state index < -0.39 is 6.36 Å². The molecule has 0 aromatic heterocycles. The number of hydrogen-bond acceptors (Lipinski definition) is 3. The van der Waals surface area contributed by atoms with E-state index in [2.05, 4.69) is 10.1 Å². The first-order chi connectivity index (χ1) is 9.40. The summed E-state index contributed by atoms with van der Waals surface area (Å²) in [5, 5.41) is 12.0. The average Bonchev–Trinajstić information content (AvgIpc) is 2.36. The number of benzene rings is 1. The van der Waals surface area contributed by atoms with E-state index in [9.17, 15) is 13.2 Å². The molecule has 1 aromatic carbocycles. The Kier molecular flexibility index (Phi) is 6.81. The molecule has 0 bridgehead atoms. The molecule has 20 heavy (non-hydrogen) atoms. The number of hydrogen-bond donors (Lipinski definition) is 2. The lowest BCUT2D eigenvalue weighted by molar-refractivity contribution is -0.274. The summed E-state index contributed by atoms with van der Waals surface area (Å²) in [7, 11) is 0. The second-order valence-electron chi connectivity index (χ2n) is 4.80. The molecule has 0 heterocycles. The number of alkyl halides is 3. The maximum absolute atomic E-state index is 12.1. The van der Waals surface area contributed by atoms with Gasteiger partial charge in [-0.2, -0.15) is 0 Å². The van der Waals surface area contributed by atoms with Gasteiger partial charge in [0.05, 0.1) is 0 Å². The minimum atomic E-state index is -4.66. The highest BCUT2D eigenvalue weighted by molar-refractivity contribution is 5.28. The van der Waals surface area contributed by atoms with Crippen LogP contribution in [0.15, 0.2) is 24.3 Å². The minimum Gasteiger partial charge on any atom is -0.406 e. The summed E-state index contributed by atoms with van der Waals surface area (Å²) in [6, 6.07) is 5.93. The van der Waals surface area contributed by atoms with Gasteiger partial charge >= 0.3 is 6.36 Å². The van der Waals surface area contributed by atoms with Gasteiger partial charge in [-0.05, 0) is 43.0 Å². The van der Waals surface area contributed by atoms with Crippen molar-refractivity contribution < 1.29 is 23.0 Å². The third kappa shape index (κ3) is 7.35. The van der Waals surface area contributed by atoms with E-state index in [-0.39, 0.29) is 18.3 Å². The van der Waals surface area contributed by atoms with Crippen LogP contribution in [0.5, 0.6) is 5.75 Å². The second-order valence-corrected chi connectivity index (χ2v) is 4.80. The largest absolute Gasteiger partial charge is 0.573 e. The first-order valence-electron chi connectivity index (χ1n) is 6.57. The Morgan fingerprint density at radius 3 is 2.75 bits per heavy atom. The molecule has 0 spiro atoms.